The maximum absolute atomic E-state index is 13.3. The number of piperidine rings is 1. The van der Waals surface area contributed by atoms with E-state index in [0.717, 1.165) is 41.7 Å². The van der Waals surface area contributed by atoms with Gasteiger partial charge in [0, 0.05) is 40.8 Å². The molecule has 1 aliphatic rings. The summed E-state index contributed by atoms with van der Waals surface area (Å²) < 4.78 is 8.13. The van der Waals surface area contributed by atoms with Crippen LogP contribution in [0.1, 0.15) is 35.3 Å². The summed E-state index contributed by atoms with van der Waals surface area (Å²) in [5.74, 6) is -0.263. The van der Waals surface area contributed by atoms with Gasteiger partial charge in [-0.25, -0.2) is 9.69 Å². The Kier molecular flexibility index (Phi) is 7.53. The van der Waals surface area contributed by atoms with Crippen LogP contribution in [0.15, 0.2) is 46.9 Å². The molecule has 6 nitrogen and oxygen atoms in total. The fourth-order valence-corrected chi connectivity index (χ4v) is 4.60. The van der Waals surface area contributed by atoms with Crippen LogP contribution in [0, 0.1) is 0 Å². The fraction of sp³-hybridized carbons (Fsp3) is 0.304. The summed E-state index contributed by atoms with van der Waals surface area (Å²) in [6.45, 7) is 1.88. The van der Waals surface area contributed by atoms with E-state index in [1.165, 1.54) is 6.42 Å². The van der Waals surface area contributed by atoms with Crippen molar-refractivity contribution in [1.82, 2.24) is 20.2 Å². The van der Waals surface area contributed by atoms with Gasteiger partial charge in [-0.1, -0.05) is 57.7 Å². The second-order valence-corrected chi connectivity index (χ2v) is 9.37. The van der Waals surface area contributed by atoms with E-state index in [1.54, 1.807) is 30.0 Å². The lowest BCUT2D eigenvalue weighted by Gasteiger charge is -2.26. The fourth-order valence-electron chi connectivity index (χ4n) is 3.85. The highest BCUT2D eigenvalue weighted by Gasteiger charge is 2.27. The van der Waals surface area contributed by atoms with Gasteiger partial charge in [-0.3, -0.25) is 10.2 Å². The average Bonchev–Trinajstić information content (AvgIpc) is 3.14. The Hall–Kier alpha value is -1.90. The average molecular weight is 538 g/mol. The Morgan fingerprint density at radius 3 is 2.50 bits per heavy atom. The molecule has 0 spiro atoms. The molecule has 4 rings (SSSR count). The quantitative estimate of drug-likeness (QED) is 0.426. The molecule has 1 N–H and O–H groups in total. The number of nitrogens with one attached hydrogen (secondary N) is 1. The third-order valence-corrected chi connectivity index (χ3v) is 6.43. The maximum atomic E-state index is 13.3. The molecule has 32 heavy (non-hydrogen) atoms. The van der Waals surface area contributed by atoms with Gasteiger partial charge in [0.2, 0.25) is 0 Å². The zero-order valence-electron chi connectivity index (χ0n) is 17.6. The molecular weight excluding hydrogens is 515 g/mol. The first-order chi connectivity index (χ1) is 15.5. The number of carbonyl (C=O) groups excluding carboxylic acids is 1. The molecule has 168 valence electrons. The topological polar surface area (TPSA) is 59.4 Å². The smallest absolute Gasteiger partial charge is 0.286 e. The highest BCUT2D eigenvalue weighted by molar-refractivity contribution is 9.10. The molecule has 0 unspecified atom stereocenters. The van der Waals surface area contributed by atoms with Crippen molar-refractivity contribution in [3.05, 3.63) is 68.2 Å². The summed E-state index contributed by atoms with van der Waals surface area (Å²) in [6.07, 6.45) is 3.30. The summed E-state index contributed by atoms with van der Waals surface area (Å²) >= 11 is 16.1. The predicted molar refractivity (Wildman–Crippen MR) is 130 cm³/mol. The van der Waals surface area contributed by atoms with Crippen LogP contribution in [-0.4, -0.2) is 40.9 Å². The second-order valence-electron chi connectivity index (χ2n) is 7.61. The van der Waals surface area contributed by atoms with Crippen LogP contribution in [-0.2, 0) is 11.3 Å². The normalized spacial score (nSPS) is 14.5. The monoisotopic (exact) mass is 536 g/mol. The molecule has 0 bridgehead atoms. The second kappa shape index (κ2) is 10.4. The van der Waals surface area contributed by atoms with Crippen molar-refractivity contribution in [2.24, 2.45) is 0 Å². The maximum Gasteiger partial charge on any atom is 0.286 e. The Morgan fingerprint density at radius 2 is 1.84 bits per heavy atom. The number of rotatable bonds is 6. The molecule has 0 saturated carbocycles. The molecule has 9 heteroatoms. The number of aromatic nitrogens is 2. The van der Waals surface area contributed by atoms with Crippen LogP contribution < -0.4 is 5.43 Å². The minimum absolute atomic E-state index is 0.222. The van der Waals surface area contributed by atoms with Crippen molar-refractivity contribution in [3.63, 3.8) is 0 Å². The van der Waals surface area contributed by atoms with Crippen LogP contribution in [0.2, 0.25) is 10.0 Å². The lowest BCUT2D eigenvalue weighted by molar-refractivity contribution is 0.0740. The predicted octanol–water partition coefficient (Wildman–Crippen LogP) is 5.89. The number of hydrogen-bond acceptors (Lipinski definition) is 4. The van der Waals surface area contributed by atoms with Crippen LogP contribution in [0.3, 0.4) is 0 Å². The van der Waals surface area contributed by atoms with E-state index in [2.05, 4.69) is 21.4 Å². The highest BCUT2D eigenvalue weighted by atomic mass is 79.9. The van der Waals surface area contributed by atoms with Crippen molar-refractivity contribution in [2.45, 2.75) is 25.9 Å². The van der Waals surface area contributed by atoms with Crippen LogP contribution in [0.25, 0.3) is 16.9 Å². The first-order valence-electron chi connectivity index (χ1n) is 10.4. The molecule has 1 aliphatic heterocycles. The minimum Gasteiger partial charge on any atom is -0.380 e. The number of benzene rings is 2. The molecule has 1 aromatic heterocycles. The summed E-state index contributed by atoms with van der Waals surface area (Å²) in [7, 11) is 1.60. The molecule has 2 aromatic carbocycles. The number of ether oxygens (including phenoxy) is 1. The van der Waals surface area contributed by atoms with Gasteiger partial charge in [0.05, 0.1) is 23.0 Å². The molecular formula is C23H23BrCl2N4O2. The van der Waals surface area contributed by atoms with Crippen LogP contribution in [0.5, 0.6) is 0 Å². The highest BCUT2D eigenvalue weighted by Crippen LogP contribution is 2.34. The number of methoxy groups -OCH3 is 1. The van der Waals surface area contributed by atoms with Gasteiger partial charge in [0.1, 0.15) is 0 Å². The summed E-state index contributed by atoms with van der Waals surface area (Å²) in [5, 5.41) is 7.63. The van der Waals surface area contributed by atoms with Gasteiger partial charge in [-0.05, 0) is 43.2 Å². The van der Waals surface area contributed by atoms with Crippen molar-refractivity contribution >= 4 is 45.0 Å². The van der Waals surface area contributed by atoms with E-state index in [9.17, 15) is 4.79 Å². The van der Waals surface area contributed by atoms with Crippen molar-refractivity contribution in [3.8, 4) is 16.9 Å². The van der Waals surface area contributed by atoms with E-state index in [0.29, 0.717) is 27.0 Å². The van der Waals surface area contributed by atoms with Crippen LogP contribution in [0.4, 0.5) is 0 Å². The van der Waals surface area contributed by atoms with Gasteiger partial charge < -0.3 is 4.74 Å². The zero-order valence-corrected chi connectivity index (χ0v) is 20.7. The van der Waals surface area contributed by atoms with Crippen LogP contribution >= 0.6 is 39.1 Å². The number of nitrogens with zero attached hydrogens (tertiary/aromatic N) is 3. The van der Waals surface area contributed by atoms with E-state index in [4.69, 9.17) is 33.0 Å². The Bertz CT molecular complexity index is 1110. The number of amides is 1. The van der Waals surface area contributed by atoms with E-state index in [1.807, 2.05) is 29.3 Å². The lowest BCUT2D eigenvalue weighted by atomic mass is 10.1. The van der Waals surface area contributed by atoms with Crippen molar-refractivity contribution in [2.75, 3.05) is 20.2 Å². The molecule has 1 saturated heterocycles. The molecule has 1 amide bonds. The number of hydrogen-bond donors (Lipinski definition) is 1. The Labute approximate surface area is 205 Å². The zero-order chi connectivity index (χ0) is 22.7. The first-order valence-corrected chi connectivity index (χ1v) is 11.9. The molecule has 2 heterocycles. The van der Waals surface area contributed by atoms with Gasteiger partial charge in [0.15, 0.2) is 5.69 Å². The SMILES string of the molecule is COCc1c(C(=O)NN2CCCCC2)nn(-c2ccc(Cl)cc2Cl)c1-c1ccc(Br)cc1. The third-order valence-electron chi connectivity index (χ3n) is 5.36. The summed E-state index contributed by atoms with van der Waals surface area (Å²) in [5.41, 5.74) is 6.26. The molecule has 3 aromatic rings. The summed E-state index contributed by atoms with van der Waals surface area (Å²) in [4.78, 5) is 13.3. The lowest BCUT2D eigenvalue weighted by Crippen LogP contribution is -2.45. The molecule has 0 aliphatic carbocycles. The number of carbonyl (C=O) groups is 1. The molecule has 0 atom stereocenters. The Morgan fingerprint density at radius 1 is 1.12 bits per heavy atom. The molecule has 0 radical (unpaired) electrons. The standard InChI is InChI=1S/C23H23BrCl2N4O2/c1-32-14-18-21(23(31)28-29-11-3-2-4-12-29)27-30(20-10-9-17(25)13-19(20)26)22(18)15-5-7-16(24)8-6-15/h5-10,13H,2-4,11-12,14H2,1H3,(H,28,31). The van der Waals surface area contributed by atoms with Gasteiger partial charge in [-0.2, -0.15) is 5.10 Å². The largest absolute Gasteiger partial charge is 0.380 e. The van der Waals surface area contributed by atoms with E-state index < -0.39 is 0 Å². The number of halogens is 3. The van der Waals surface area contributed by atoms with Crippen molar-refractivity contribution < 1.29 is 9.53 Å². The van der Waals surface area contributed by atoms with Gasteiger partial charge in [-0.15, -0.1) is 0 Å². The van der Waals surface area contributed by atoms with E-state index in [-0.39, 0.29) is 12.5 Å². The summed E-state index contributed by atoms with van der Waals surface area (Å²) in [6, 6.07) is 13.0. The third kappa shape index (κ3) is 5.02. The van der Waals surface area contributed by atoms with E-state index >= 15 is 0 Å². The minimum atomic E-state index is -0.263. The van der Waals surface area contributed by atoms with Gasteiger partial charge >= 0.3 is 0 Å². The van der Waals surface area contributed by atoms with Gasteiger partial charge in [0.25, 0.3) is 5.91 Å². The molecule has 1 fully saturated rings. The first kappa shape index (κ1) is 23.3. The van der Waals surface area contributed by atoms with Crippen molar-refractivity contribution in [1.29, 1.82) is 0 Å². The Balaban J connectivity index is 1.86. The number of hydrazine groups is 1.